The minimum absolute atomic E-state index is 0.0660. The molecule has 0 radical (unpaired) electrons. The Balaban J connectivity index is 1.58. The van der Waals surface area contributed by atoms with Gasteiger partial charge in [-0.05, 0) is 26.0 Å². The number of nitrogens with zero attached hydrogens (tertiary/aromatic N) is 4. The number of fused-ring (bicyclic) bond motifs is 1. The zero-order valence-electron chi connectivity index (χ0n) is 15.1. The van der Waals surface area contributed by atoms with Crippen molar-refractivity contribution >= 4 is 23.2 Å². The van der Waals surface area contributed by atoms with E-state index in [0.29, 0.717) is 23.8 Å². The van der Waals surface area contributed by atoms with Gasteiger partial charge in [0.25, 0.3) is 5.56 Å². The van der Waals surface area contributed by atoms with Gasteiger partial charge in [0.05, 0.1) is 17.3 Å². The SMILES string of the molecule is CC(C)NC(=O)CN1CCN(Cc2cc(=O)n3cc(Cl)ccc3n2)CC1. The molecule has 1 fully saturated rings. The van der Waals surface area contributed by atoms with Gasteiger partial charge in [0.1, 0.15) is 5.65 Å². The van der Waals surface area contributed by atoms with Crippen molar-refractivity contribution < 1.29 is 4.79 Å². The first-order valence-corrected chi connectivity index (χ1v) is 9.20. The predicted molar refractivity (Wildman–Crippen MR) is 101 cm³/mol. The number of carbonyl (C=O) groups is 1. The van der Waals surface area contributed by atoms with Crippen LogP contribution in [0.5, 0.6) is 0 Å². The fraction of sp³-hybridized carbons (Fsp3) is 0.500. The highest BCUT2D eigenvalue weighted by atomic mass is 35.5. The number of halogens is 1. The van der Waals surface area contributed by atoms with Gasteiger partial charge >= 0.3 is 0 Å². The van der Waals surface area contributed by atoms with E-state index in [2.05, 4.69) is 20.1 Å². The van der Waals surface area contributed by atoms with E-state index in [-0.39, 0.29) is 17.5 Å². The van der Waals surface area contributed by atoms with Gasteiger partial charge < -0.3 is 5.32 Å². The molecule has 0 spiro atoms. The Morgan fingerprint density at radius 1 is 1.23 bits per heavy atom. The van der Waals surface area contributed by atoms with E-state index in [4.69, 9.17) is 11.6 Å². The van der Waals surface area contributed by atoms with Crippen LogP contribution in [0.25, 0.3) is 5.65 Å². The number of hydrogen-bond acceptors (Lipinski definition) is 5. The molecule has 0 unspecified atom stereocenters. The number of nitrogens with one attached hydrogen (secondary N) is 1. The van der Waals surface area contributed by atoms with Crippen LogP contribution in [0.2, 0.25) is 5.02 Å². The maximum atomic E-state index is 12.2. The normalized spacial score (nSPS) is 16.3. The largest absolute Gasteiger partial charge is 0.353 e. The quantitative estimate of drug-likeness (QED) is 0.841. The fourth-order valence-electron chi connectivity index (χ4n) is 3.11. The highest BCUT2D eigenvalue weighted by molar-refractivity contribution is 6.30. The molecule has 26 heavy (non-hydrogen) atoms. The standard InChI is InChI=1S/C18H24ClN5O2/c1-13(2)20-17(25)12-23-7-5-22(6-8-23)11-15-9-18(26)24-10-14(19)3-4-16(24)21-15/h3-4,9-10,13H,5-8,11-12H2,1-2H3,(H,20,25). The third-order valence-corrected chi connectivity index (χ3v) is 4.57. The fourth-order valence-corrected chi connectivity index (χ4v) is 3.27. The van der Waals surface area contributed by atoms with Crippen LogP contribution >= 0.6 is 11.6 Å². The monoisotopic (exact) mass is 377 g/mol. The van der Waals surface area contributed by atoms with Crippen molar-refractivity contribution in [3.05, 3.63) is 45.5 Å². The molecule has 140 valence electrons. The van der Waals surface area contributed by atoms with Crippen LogP contribution in [0.15, 0.2) is 29.2 Å². The van der Waals surface area contributed by atoms with Crippen molar-refractivity contribution in [3.63, 3.8) is 0 Å². The van der Waals surface area contributed by atoms with Gasteiger partial charge in [-0.1, -0.05) is 11.6 Å². The Kier molecular flexibility index (Phi) is 5.90. The maximum Gasteiger partial charge on any atom is 0.258 e. The molecule has 2 aromatic heterocycles. The number of pyridine rings is 1. The number of carbonyl (C=O) groups excluding carboxylic acids is 1. The van der Waals surface area contributed by atoms with E-state index in [9.17, 15) is 9.59 Å². The molecule has 0 bridgehead atoms. The lowest BCUT2D eigenvalue weighted by molar-refractivity contribution is -0.123. The lowest BCUT2D eigenvalue weighted by Crippen LogP contribution is -2.49. The van der Waals surface area contributed by atoms with Gasteiger partial charge in [0.2, 0.25) is 5.91 Å². The Bertz CT molecular complexity index is 843. The molecule has 0 saturated carbocycles. The maximum absolute atomic E-state index is 12.2. The first-order valence-electron chi connectivity index (χ1n) is 8.82. The summed E-state index contributed by atoms with van der Waals surface area (Å²) >= 11 is 5.93. The van der Waals surface area contributed by atoms with Crippen molar-refractivity contribution in [3.8, 4) is 0 Å². The molecule has 0 aromatic carbocycles. The molecule has 1 amide bonds. The van der Waals surface area contributed by atoms with E-state index in [1.54, 1.807) is 24.4 Å². The van der Waals surface area contributed by atoms with E-state index in [1.165, 1.54) is 4.40 Å². The Hall–Kier alpha value is -1.96. The number of aromatic nitrogens is 2. The van der Waals surface area contributed by atoms with E-state index < -0.39 is 0 Å². The molecule has 0 aliphatic carbocycles. The average molecular weight is 378 g/mol. The molecule has 1 saturated heterocycles. The molecular formula is C18H24ClN5O2. The molecule has 1 aliphatic rings. The van der Waals surface area contributed by atoms with Gasteiger partial charge in [-0.2, -0.15) is 0 Å². The summed E-state index contributed by atoms with van der Waals surface area (Å²) in [5, 5.41) is 3.42. The molecule has 2 aromatic rings. The van der Waals surface area contributed by atoms with Gasteiger partial charge in [0, 0.05) is 51.0 Å². The third kappa shape index (κ3) is 4.81. The van der Waals surface area contributed by atoms with Gasteiger partial charge in [-0.25, -0.2) is 4.98 Å². The average Bonchev–Trinajstić information content (AvgIpc) is 2.57. The summed E-state index contributed by atoms with van der Waals surface area (Å²) in [6.45, 7) is 8.32. The van der Waals surface area contributed by atoms with Crippen LogP contribution in [0.4, 0.5) is 0 Å². The predicted octanol–water partition coefficient (Wildman–Crippen LogP) is 0.990. The summed E-state index contributed by atoms with van der Waals surface area (Å²) in [5.74, 6) is 0.0660. The summed E-state index contributed by atoms with van der Waals surface area (Å²) in [4.78, 5) is 33.1. The number of hydrogen-bond donors (Lipinski definition) is 1. The second-order valence-corrected chi connectivity index (χ2v) is 7.37. The Labute approximate surface area is 157 Å². The minimum atomic E-state index is -0.128. The molecule has 1 aliphatic heterocycles. The summed E-state index contributed by atoms with van der Waals surface area (Å²) in [6, 6.07) is 5.20. The zero-order valence-corrected chi connectivity index (χ0v) is 15.9. The van der Waals surface area contributed by atoms with Crippen LogP contribution in [-0.2, 0) is 11.3 Å². The van der Waals surface area contributed by atoms with Crippen molar-refractivity contribution in [1.82, 2.24) is 24.5 Å². The lowest BCUT2D eigenvalue weighted by Gasteiger charge is -2.34. The van der Waals surface area contributed by atoms with E-state index in [0.717, 1.165) is 31.9 Å². The van der Waals surface area contributed by atoms with Crippen molar-refractivity contribution in [2.75, 3.05) is 32.7 Å². The lowest BCUT2D eigenvalue weighted by atomic mass is 10.2. The zero-order chi connectivity index (χ0) is 18.7. The topological polar surface area (TPSA) is 70.0 Å². The molecule has 0 atom stereocenters. The highest BCUT2D eigenvalue weighted by Crippen LogP contribution is 2.10. The first kappa shape index (κ1) is 18.8. The van der Waals surface area contributed by atoms with Gasteiger partial charge in [0.15, 0.2) is 0 Å². The van der Waals surface area contributed by atoms with Crippen molar-refractivity contribution in [2.24, 2.45) is 0 Å². The van der Waals surface area contributed by atoms with E-state index in [1.807, 2.05) is 13.8 Å². The van der Waals surface area contributed by atoms with Crippen LogP contribution < -0.4 is 10.9 Å². The molecule has 7 nitrogen and oxygen atoms in total. The summed E-state index contributed by atoms with van der Waals surface area (Å²) in [6.07, 6.45) is 1.58. The smallest absolute Gasteiger partial charge is 0.258 e. The molecule has 3 rings (SSSR count). The van der Waals surface area contributed by atoms with Crippen LogP contribution in [-0.4, -0.2) is 63.9 Å². The van der Waals surface area contributed by atoms with Crippen LogP contribution in [0.1, 0.15) is 19.5 Å². The molecule has 1 N–H and O–H groups in total. The van der Waals surface area contributed by atoms with Gasteiger partial charge in [-0.15, -0.1) is 0 Å². The molecular weight excluding hydrogens is 354 g/mol. The van der Waals surface area contributed by atoms with Crippen LogP contribution in [0, 0.1) is 0 Å². The number of rotatable bonds is 5. The summed E-state index contributed by atoms with van der Waals surface area (Å²) in [5.41, 5.74) is 1.22. The minimum Gasteiger partial charge on any atom is -0.353 e. The second kappa shape index (κ2) is 8.16. The molecule has 8 heteroatoms. The first-order chi connectivity index (χ1) is 12.4. The Morgan fingerprint density at radius 2 is 1.92 bits per heavy atom. The highest BCUT2D eigenvalue weighted by Gasteiger charge is 2.20. The van der Waals surface area contributed by atoms with Gasteiger partial charge in [-0.3, -0.25) is 23.8 Å². The van der Waals surface area contributed by atoms with Crippen molar-refractivity contribution in [2.45, 2.75) is 26.4 Å². The Morgan fingerprint density at radius 3 is 2.62 bits per heavy atom. The summed E-state index contributed by atoms with van der Waals surface area (Å²) in [7, 11) is 0. The number of piperazine rings is 1. The molecule has 3 heterocycles. The number of amides is 1. The van der Waals surface area contributed by atoms with Crippen molar-refractivity contribution in [1.29, 1.82) is 0 Å². The van der Waals surface area contributed by atoms with Crippen LogP contribution in [0.3, 0.4) is 0 Å². The second-order valence-electron chi connectivity index (χ2n) is 6.94. The third-order valence-electron chi connectivity index (χ3n) is 4.34. The summed E-state index contributed by atoms with van der Waals surface area (Å²) < 4.78 is 1.46. The van der Waals surface area contributed by atoms with E-state index >= 15 is 0 Å².